The number of carboxylic acids is 1. The maximum Gasteiger partial charge on any atom is 0.340 e. The second-order valence-corrected chi connectivity index (χ2v) is 3.80. The lowest BCUT2D eigenvalue weighted by Gasteiger charge is -2.07. The summed E-state index contributed by atoms with van der Waals surface area (Å²) in [4.78, 5) is 19.1. The van der Waals surface area contributed by atoms with E-state index < -0.39 is 5.97 Å². The summed E-state index contributed by atoms with van der Waals surface area (Å²) in [7, 11) is 1.55. The van der Waals surface area contributed by atoms with Crippen LogP contribution in [0.5, 0.6) is 0 Å². The van der Waals surface area contributed by atoms with E-state index in [1.54, 1.807) is 21.0 Å². The van der Waals surface area contributed by atoms with Gasteiger partial charge in [0.25, 0.3) is 0 Å². The molecule has 0 fully saturated rings. The third kappa shape index (κ3) is 2.90. The van der Waals surface area contributed by atoms with Crippen LogP contribution >= 0.6 is 11.8 Å². The first-order valence-corrected chi connectivity index (χ1v) is 5.25. The average molecular weight is 228 g/mol. The Labute approximate surface area is 91.9 Å². The lowest BCUT2D eigenvalue weighted by Crippen LogP contribution is -2.08. The number of carbonyl (C=O) groups is 1. The molecule has 0 spiro atoms. The normalized spacial score (nSPS) is 10.3. The summed E-state index contributed by atoms with van der Waals surface area (Å²) in [6.45, 7) is 3.39. The van der Waals surface area contributed by atoms with Gasteiger partial charge in [-0.3, -0.25) is 0 Å². The Kier molecular flexibility index (Phi) is 4.05. The zero-order chi connectivity index (χ0) is 11.4. The number of ether oxygens (including phenoxy) is 1. The quantitative estimate of drug-likeness (QED) is 0.478. The van der Waals surface area contributed by atoms with Gasteiger partial charge in [-0.1, -0.05) is 11.8 Å². The Morgan fingerprint density at radius 3 is 2.67 bits per heavy atom. The van der Waals surface area contributed by atoms with E-state index in [0.29, 0.717) is 22.5 Å². The van der Waals surface area contributed by atoms with Crippen molar-refractivity contribution in [3.8, 4) is 0 Å². The summed E-state index contributed by atoms with van der Waals surface area (Å²) < 4.78 is 4.87. The van der Waals surface area contributed by atoms with Gasteiger partial charge in [-0.2, -0.15) is 0 Å². The molecule has 1 aromatic rings. The van der Waals surface area contributed by atoms with Crippen LogP contribution < -0.4 is 0 Å². The fourth-order valence-electron chi connectivity index (χ4n) is 1.15. The molecule has 0 radical (unpaired) electrons. The molecule has 5 nitrogen and oxygen atoms in total. The molecule has 0 aliphatic rings. The molecule has 1 rings (SSSR count). The Hall–Kier alpha value is -1.14. The summed E-state index contributed by atoms with van der Waals surface area (Å²) >= 11 is 1.25. The minimum atomic E-state index is -1.01. The minimum absolute atomic E-state index is 0.155. The smallest absolute Gasteiger partial charge is 0.340 e. The van der Waals surface area contributed by atoms with E-state index in [4.69, 9.17) is 9.84 Å². The minimum Gasteiger partial charge on any atom is -0.478 e. The van der Waals surface area contributed by atoms with Gasteiger partial charge in [0.15, 0.2) is 0 Å². The van der Waals surface area contributed by atoms with Gasteiger partial charge in [-0.25, -0.2) is 14.8 Å². The summed E-state index contributed by atoms with van der Waals surface area (Å²) in [5.74, 6) is -0.0712. The molecule has 0 atom stereocenters. The number of hydrogen-bond donors (Lipinski definition) is 1. The molecule has 0 saturated heterocycles. The highest BCUT2D eigenvalue weighted by Crippen LogP contribution is 2.22. The number of methoxy groups -OCH3 is 1. The highest BCUT2D eigenvalue weighted by Gasteiger charge is 2.16. The second kappa shape index (κ2) is 5.09. The number of aryl methyl sites for hydroxylation is 2. The maximum atomic E-state index is 11.0. The Morgan fingerprint density at radius 2 is 2.13 bits per heavy atom. The van der Waals surface area contributed by atoms with Crippen molar-refractivity contribution in [3.63, 3.8) is 0 Å². The highest BCUT2D eigenvalue weighted by atomic mass is 32.2. The summed E-state index contributed by atoms with van der Waals surface area (Å²) in [6.07, 6.45) is 0. The van der Waals surface area contributed by atoms with Crippen molar-refractivity contribution in [2.45, 2.75) is 18.9 Å². The zero-order valence-corrected chi connectivity index (χ0v) is 9.59. The molecule has 1 heterocycles. The van der Waals surface area contributed by atoms with Gasteiger partial charge in [0.05, 0.1) is 11.6 Å². The topological polar surface area (TPSA) is 72.3 Å². The molecule has 0 aliphatic carbocycles. The standard InChI is InChI=1S/C9H12N2O3S/c1-5-7(9(12)13)8(15-4-14-3)11-6(2)10-5/h4H2,1-3H3,(H,12,13). The molecule has 1 N–H and O–H groups in total. The average Bonchev–Trinajstić information content (AvgIpc) is 2.12. The van der Waals surface area contributed by atoms with Crippen molar-refractivity contribution in [1.29, 1.82) is 0 Å². The molecule has 0 unspecified atom stereocenters. The molecule has 0 amide bonds. The molecule has 1 aromatic heterocycles. The van der Waals surface area contributed by atoms with Crippen LogP contribution in [0.3, 0.4) is 0 Å². The van der Waals surface area contributed by atoms with Gasteiger partial charge in [0.2, 0.25) is 0 Å². The number of hydrogen-bond acceptors (Lipinski definition) is 5. The zero-order valence-electron chi connectivity index (χ0n) is 8.77. The SMILES string of the molecule is COCSc1nc(C)nc(C)c1C(=O)O. The van der Waals surface area contributed by atoms with Gasteiger partial charge in [-0.05, 0) is 13.8 Å². The predicted octanol–water partition coefficient (Wildman–Crippen LogP) is 1.49. The molecule has 0 aromatic carbocycles. The summed E-state index contributed by atoms with van der Waals surface area (Å²) in [5, 5.41) is 9.46. The lowest BCUT2D eigenvalue weighted by molar-refractivity contribution is 0.0690. The lowest BCUT2D eigenvalue weighted by atomic mass is 10.2. The van der Waals surface area contributed by atoms with E-state index in [9.17, 15) is 4.79 Å². The first-order valence-electron chi connectivity index (χ1n) is 4.26. The second-order valence-electron chi connectivity index (χ2n) is 2.89. The molecule has 0 saturated carbocycles. The Morgan fingerprint density at radius 1 is 1.47 bits per heavy atom. The van der Waals surface area contributed by atoms with Crippen molar-refractivity contribution in [2.75, 3.05) is 13.0 Å². The van der Waals surface area contributed by atoms with Crippen LogP contribution in [-0.2, 0) is 4.74 Å². The molecule has 15 heavy (non-hydrogen) atoms. The summed E-state index contributed by atoms with van der Waals surface area (Å²) in [5.41, 5.74) is 0.635. The molecule has 0 aliphatic heterocycles. The maximum absolute atomic E-state index is 11.0. The van der Waals surface area contributed by atoms with Gasteiger partial charge < -0.3 is 9.84 Å². The number of nitrogens with zero attached hydrogens (tertiary/aromatic N) is 2. The van der Waals surface area contributed by atoms with Crippen LogP contribution in [0.25, 0.3) is 0 Å². The Balaban J connectivity index is 3.14. The van der Waals surface area contributed by atoms with Crippen molar-refractivity contribution in [1.82, 2.24) is 9.97 Å². The van der Waals surface area contributed by atoms with Crippen LogP contribution in [0.15, 0.2) is 5.03 Å². The third-order valence-electron chi connectivity index (χ3n) is 1.70. The van der Waals surface area contributed by atoms with E-state index in [-0.39, 0.29) is 5.56 Å². The number of rotatable bonds is 4. The van der Waals surface area contributed by atoms with Crippen molar-refractivity contribution >= 4 is 17.7 Å². The van der Waals surface area contributed by atoms with E-state index in [1.807, 2.05) is 0 Å². The van der Waals surface area contributed by atoms with Crippen molar-refractivity contribution in [3.05, 3.63) is 17.1 Å². The molecule has 82 valence electrons. The van der Waals surface area contributed by atoms with Crippen LogP contribution in [-0.4, -0.2) is 34.1 Å². The van der Waals surface area contributed by atoms with Crippen LogP contribution in [0.1, 0.15) is 21.9 Å². The van der Waals surface area contributed by atoms with Crippen LogP contribution in [0.4, 0.5) is 0 Å². The number of carboxylic acid groups (broad SMARTS) is 1. The number of aromatic nitrogens is 2. The van der Waals surface area contributed by atoms with Gasteiger partial charge in [0.1, 0.15) is 16.4 Å². The predicted molar refractivity (Wildman–Crippen MR) is 56.2 cm³/mol. The first-order chi connectivity index (χ1) is 7.06. The monoisotopic (exact) mass is 228 g/mol. The molecular formula is C9H12N2O3S. The van der Waals surface area contributed by atoms with Crippen molar-refractivity contribution < 1.29 is 14.6 Å². The molecular weight excluding hydrogens is 216 g/mol. The van der Waals surface area contributed by atoms with Crippen LogP contribution in [0, 0.1) is 13.8 Å². The van der Waals surface area contributed by atoms with Crippen molar-refractivity contribution in [2.24, 2.45) is 0 Å². The van der Waals surface area contributed by atoms with E-state index in [1.165, 1.54) is 11.8 Å². The third-order valence-corrected chi connectivity index (χ3v) is 2.62. The van der Waals surface area contributed by atoms with Crippen LogP contribution in [0.2, 0.25) is 0 Å². The highest BCUT2D eigenvalue weighted by molar-refractivity contribution is 7.99. The van der Waals surface area contributed by atoms with E-state index >= 15 is 0 Å². The largest absolute Gasteiger partial charge is 0.478 e. The Bertz CT molecular complexity index is 382. The van der Waals surface area contributed by atoms with Gasteiger partial charge in [-0.15, -0.1) is 0 Å². The van der Waals surface area contributed by atoms with E-state index in [2.05, 4.69) is 9.97 Å². The fourth-order valence-corrected chi connectivity index (χ4v) is 1.95. The van der Waals surface area contributed by atoms with Gasteiger partial charge in [0, 0.05) is 7.11 Å². The molecule has 0 bridgehead atoms. The number of aromatic carboxylic acids is 1. The number of thioether (sulfide) groups is 1. The fraction of sp³-hybridized carbons (Fsp3) is 0.444. The molecule has 6 heteroatoms. The van der Waals surface area contributed by atoms with E-state index in [0.717, 1.165) is 0 Å². The van der Waals surface area contributed by atoms with Gasteiger partial charge >= 0.3 is 5.97 Å². The summed E-state index contributed by atoms with van der Waals surface area (Å²) in [6, 6.07) is 0. The first kappa shape index (κ1) is 11.9.